The van der Waals surface area contributed by atoms with E-state index in [0.29, 0.717) is 26.7 Å². The van der Waals surface area contributed by atoms with E-state index in [0.717, 1.165) is 5.56 Å². The van der Waals surface area contributed by atoms with Crippen molar-refractivity contribution >= 4 is 33.3 Å². The highest BCUT2D eigenvalue weighted by molar-refractivity contribution is 7.98. The zero-order valence-corrected chi connectivity index (χ0v) is 15.7. The number of aromatic nitrogens is 2. The van der Waals surface area contributed by atoms with Crippen LogP contribution in [-0.2, 0) is 12.3 Å². The van der Waals surface area contributed by atoms with Crippen molar-refractivity contribution in [1.82, 2.24) is 9.55 Å². The summed E-state index contributed by atoms with van der Waals surface area (Å²) >= 11 is 2.65. The van der Waals surface area contributed by atoms with Gasteiger partial charge in [0.15, 0.2) is 5.16 Å². The number of thioether (sulfide) groups is 1. The third-order valence-corrected chi connectivity index (χ3v) is 6.01. The van der Waals surface area contributed by atoms with Crippen LogP contribution in [-0.4, -0.2) is 9.55 Å². The van der Waals surface area contributed by atoms with E-state index in [1.54, 1.807) is 30.3 Å². The average Bonchev–Trinajstić information content (AvgIpc) is 3.13. The first kappa shape index (κ1) is 17.9. The average molecular weight is 400 g/mol. The largest absolute Gasteiger partial charge is 0.282 e. The maximum atomic E-state index is 14.1. The zero-order valence-electron chi connectivity index (χ0n) is 14.1. The Morgan fingerprint density at radius 3 is 2.74 bits per heavy atom. The molecule has 0 bridgehead atoms. The summed E-state index contributed by atoms with van der Waals surface area (Å²) in [6, 6.07) is 14.5. The minimum atomic E-state index is -0.364. The van der Waals surface area contributed by atoms with E-state index in [1.807, 2.05) is 11.4 Å². The molecule has 0 amide bonds. The fraction of sp³-hybridized carbons (Fsp3) is 0.100. The molecule has 0 N–H and O–H groups in total. The second-order valence-corrected chi connectivity index (χ2v) is 7.79. The molecule has 4 rings (SSSR count). The molecule has 27 heavy (non-hydrogen) atoms. The highest BCUT2D eigenvalue weighted by atomic mass is 32.2. The summed E-state index contributed by atoms with van der Waals surface area (Å²) in [5.74, 6) is -0.216. The minimum absolute atomic E-state index is 0.0951. The van der Waals surface area contributed by atoms with Gasteiger partial charge in [-0.3, -0.25) is 9.36 Å². The van der Waals surface area contributed by atoms with E-state index in [4.69, 9.17) is 0 Å². The lowest BCUT2D eigenvalue weighted by Crippen LogP contribution is -2.23. The van der Waals surface area contributed by atoms with Gasteiger partial charge in [0.25, 0.3) is 5.56 Å². The van der Waals surface area contributed by atoms with Crippen LogP contribution in [0.25, 0.3) is 10.2 Å². The van der Waals surface area contributed by atoms with Crippen LogP contribution in [0.1, 0.15) is 11.1 Å². The molecule has 0 fully saturated rings. The molecular formula is C20H14F2N2OS2. The lowest BCUT2D eigenvalue weighted by molar-refractivity contribution is 0.579. The topological polar surface area (TPSA) is 34.9 Å². The van der Waals surface area contributed by atoms with Gasteiger partial charge in [0.1, 0.15) is 16.3 Å². The number of halogens is 2. The third kappa shape index (κ3) is 3.79. The second kappa shape index (κ2) is 7.62. The molecule has 0 saturated heterocycles. The van der Waals surface area contributed by atoms with Gasteiger partial charge in [-0.2, -0.15) is 0 Å². The van der Waals surface area contributed by atoms with E-state index in [1.165, 1.54) is 45.9 Å². The maximum Gasteiger partial charge on any atom is 0.272 e. The maximum absolute atomic E-state index is 14.1. The SMILES string of the molecule is O=c1c2sccc2nc(SCc2cccc(F)c2)n1Cc1ccccc1F. The van der Waals surface area contributed by atoms with Gasteiger partial charge in [-0.1, -0.05) is 42.1 Å². The predicted molar refractivity (Wildman–Crippen MR) is 105 cm³/mol. The molecule has 0 spiro atoms. The summed E-state index contributed by atoms with van der Waals surface area (Å²) in [7, 11) is 0. The van der Waals surface area contributed by atoms with Crippen LogP contribution in [0.3, 0.4) is 0 Å². The molecule has 2 aromatic heterocycles. The van der Waals surface area contributed by atoms with Crippen molar-refractivity contribution in [1.29, 1.82) is 0 Å². The van der Waals surface area contributed by atoms with Gasteiger partial charge in [0, 0.05) is 11.3 Å². The van der Waals surface area contributed by atoms with Crippen molar-refractivity contribution in [2.45, 2.75) is 17.5 Å². The van der Waals surface area contributed by atoms with Crippen LogP contribution in [0.5, 0.6) is 0 Å². The van der Waals surface area contributed by atoms with Gasteiger partial charge >= 0.3 is 0 Å². The first-order valence-electron chi connectivity index (χ1n) is 8.20. The Bertz CT molecular complexity index is 1170. The standard InChI is InChI=1S/C20H14F2N2OS2/c21-15-6-3-4-13(10-15)12-27-20-23-17-8-9-26-18(17)19(25)24(20)11-14-5-1-2-7-16(14)22/h1-10H,11-12H2. The van der Waals surface area contributed by atoms with E-state index < -0.39 is 0 Å². The van der Waals surface area contributed by atoms with Gasteiger partial charge in [-0.15, -0.1) is 11.3 Å². The summed E-state index contributed by atoms with van der Waals surface area (Å²) in [5, 5.41) is 2.30. The number of nitrogens with zero attached hydrogens (tertiary/aromatic N) is 2. The molecular weight excluding hydrogens is 386 g/mol. The van der Waals surface area contributed by atoms with Crippen LogP contribution < -0.4 is 5.56 Å². The normalized spacial score (nSPS) is 11.2. The number of benzene rings is 2. The van der Waals surface area contributed by atoms with Crippen LogP contribution in [0.15, 0.2) is 69.9 Å². The van der Waals surface area contributed by atoms with E-state index >= 15 is 0 Å². The Labute approximate surface area is 162 Å². The minimum Gasteiger partial charge on any atom is -0.282 e. The monoisotopic (exact) mass is 400 g/mol. The number of hydrogen-bond acceptors (Lipinski definition) is 4. The molecule has 4 aromatic rings. The fourth-order valence-corrected chi connectivity index (χ4v) is 4.46. The molecule has 0 saturated carbocycles. The predicted octanol–water partition coefficient (Wildman–Crippen LogP) is 5.08. The van der Waals surface area contributed by atoms with Gasteiger partial charge in [0.2, 0.25) is 0 Å². The van der Waals surface area contributed by atoms with Crippen molar-refractivity contribution in [2.75, 3.05) is 0 Å². The van der Waals surface area contributed by atoms with Crippen molar-refractivity contribution in [3.63, 3.8) is 0 Å². The molecule has 0 unspecified atom stereocenters. The molecule has 0 aliphatic carbocycles. The Hall–Kier alpha value is -2.51. The highest BCUT2D eigenvalue weighted by Crippen LogP contribution is 2.25. The molecule has 2 aromatic carbocycles. The van der Waals surface area contributed by atoms with E-state index in [2.05, 4.69) is 4.98 Å². The van der Waals surface area contributed by atoms with Crippen molar-refractivity contribution in [3.05, 3.63) is 93.1 Å². The Morgan fingerprint density at radius 2 is 1.93 bits per heavy atom. The summed E-state index contributed by atoms with van der Waals surface area (Å²) in [5.41, 5.74) is 1.64. The van der Waals surface area contributed by atoms with Gasteiger partial charge in [-0.25, -0.2) is 13.8 Å². The van der Waals surface area contributed by atoms with Crippen LogP contribution in [0.4, 0.5) is 8.78 Å². The Kier molecular flexibility index (Phi) is 5.05. The van der Waals surface area contributed by atoms with Gasteiger partial charge in [0.05, 0.1) is 12.1 Å². The molecule has 0 aliphatic heterocycles. The lowest BCUT2D eigenvalue weighted by atomic mass is 10.2. The summed E-state index contributed by atoms with van der Waals surface area (Å²) < 4.78 is 29.6. The highest BCUT2D eigenvalue weighted by Gasteiger charge is 2.14. The van der Waals surface area contributed by atoms with Crippen molar-refractivity contribution < 1.29 is 8.78 Å². The molecule has 7 heteroatoms. The van der Waals surface area contributed by atoms with Crippen LogP contribution in [0.2, 0.25) is 0 Å². The smallest absolute Gasteiger partial charge is 0.272 e. The fourth-order valence-electron chi connectivity index (χ4n) is 2.74. The molecule has 2 heterocycles. The lowest BCUT2D eigenvalue weighted by Gasteiger charge is -2.12. The molecule has 0 radical (unpaired) electrons. The zero-order chi connectivity index (χ0) is 18.8. The summed E-state index contributed by atoms with van der Waals surface area (Å²) in [6.45, 7) is 0.0951. The van der Waals surface area contributed by atoms with E-state index in [-0.39, 0.29) is 23.7 Å². The molecule has 0 atom stereocenters. The van der Waals surface area contributed by atoms with Crippen LogP contribution in [0, 0.1) is 11.6 Å². The number of rotatable bonds is 5. The number of fused-ring (bicyclic) bond motifs is 1. The Morgan fingerprint density at radius 1 is 1.07 bits per heavy atom. The van der Waals surface area contributed by atoms with Gasteiger partial charge in [-0.05, 0) is 35.2 Å². The first-order chi connectivity index (χ1) is 13.1. The molecule has 136 valence electrons. The summed E-state index contributed by atoms with van der Waals surface area (Å²) in [6.07, 6.45) is 0. The van der Waals surface area contributed by atoms with Crippen molar-refractivity contribution in [2.24, 2.45) is 0 Å². The van der Waals surface area contributed by atoms with E-state index in [9.17, 15) is 13.6 Å². The van der Waals surface area contributed by atoms with Gasteiger partial charge < -0.3 is 0 Å². The number of hydrogen-bond donors (Lipinski definition) is 0. The molecule has 3 nitrogen and oxygen atoms in total. The second-order valence-electron chi connectivity index (χ2n) is 5.93. The van der Waals surface area contributed by atoms with Crippen molar-refractivity contribution in [3.8, 4) is 0 Å². The third-order valence-electron chi connectivity index (χ3n) is 4.07. The summed E-state index contributed by atoms with van der Waals surface area (Å²) in [4.78, 5) is 17.5. The molecule has 0 aliphatic rings. The van der Waals surface area contributed by atoms with Crippen LogP contribution >= 0.6 is 23.1 Å². The Balaban J connectivity index is 1.74. The quantitative estimate of drug-likeness (QED) is 0.346. The number of thiophene rings is 1. The first-order valence-corrected chi connectivity index (χ1v) is 10.1.